The van der Waals surface area contributed by atoms with Crippen LogP contribution in [0.2, 0.25) is 0 Å². The quantitative estimate of drug-likeness (QED) is 0.216. The van der Waals surface area contributed by atoms with Gasteiger partial charge in [-0.05, 0) is 127 Å². The van der Waals surface area contributed by atoms with Gasteiger partial charge in [-0.3, -0.25) is 4.79 Å². The number of hydrogen-bond donors (Lipinski definition) is 0. The van der Waals surface area contributed by atoms with Gasteiger partial charge in [0.1, 0.15) is 5.75 Å². The lowest BCUT2D eigenvalue weighted by Gasteiger charge is -2.71. The summed E-state index contributed by atoms with van der Waals surface area (Å²) in [4.78, 5) is 13.5. The van der Waals surface area contributed by atoms with Crippen LogP contribution in [0.3, 0.4) is 0 Å². The van der Waals surface area contributed by atoms with Crippen molar-refractivity contribution in [2.75, 3.05) is 0 Å². The minimum atomic E-state index is -0.0659. The summed E-state index contributed by atoms with van der Waals surface area (Å²) < 4.78 is 5.95. The molecule has 0 saturated heterocycles. The number of carbonyl (C=O) groups excluding carboxylic acids is 1. The van der Waals surface area contributed by atoms with E-state index in [9.17, 15) is 4.79 Å². The molecule has 39 heavy (non-hydrogen) atoms. The van der Waals surface area contributed by atoms with Gasteiger partial charge in [-0.15, -0.1) is 0 Å². The first-order chi connectivity index (χ1) is 18.3. The molecule has 5 aliphatic carbocycles. The zero-order chi connectivity index (χ0) is 28.0. The molecule has 0 amide bonds. The summed E-state index contributed by atoms with van der Waals surface area (Å²) in [5, 5.41) is 0. The van der Waals surface area contributed by atoms with E-state index in [-0.39, 0.29) is 22.7 Å². The van der Waals surface area contributed by atoms with Crippen molar-refractivity contribution in [1.29, 1.82) is 0 Å². The van der Waals surface area contributed by atoms with Gasteiger partial charge in [0.25, 0.3) is 0 Å². The number of para-hydroxylation sites is 1. The fourth-order valence-electron chi connectivity index (χ4n) is 12.0. The zero-order valence-corrected chi connectivity index (χ0v) is 26.1. The van der Waals surface area contributed by atoms with Crippen LogP contribution in [-0.2, 0) is 4.79 Å². The standard InChI is InChI=1S/C37H54O2/c1-24-16-19-34(5)22-23-36(7)27(31(34)25(24)2)14-15-30-35(6)20-17-28(32(38)39-26-12-10-9-11-13-26)33(3,4)29(35)18-21-37(30,36)8/h9-14,24-25,28-31H,15-23H2,1-8H3/t24-,25+,28+,29+,30+,31+,34+,35-,36+,37-/m0/s1. The second-order valence-electron chi connectivity index (χ2n) is 16.4. The molecule has 0 aliphatic heterocycles. The van der Waals surface area contributed by atoms with Crippen molar-refractivity contribution in [3.63, 3.8) is 0 Å². The number of hydrogen-bond acceptors (Lipinski definition) is 2. The van der Waals surface area contributed by atoms with Gasteiger partial charge in [-0.1, -0.05) is 85.2 Å². The van der Waals surface area contributed by atoms with Gasteiger partial charge in [0.2, 0.25) is 0 Å². The van der Waals surface area contributed by atoms with E-state index in [2.05, 4.69) is 61.5 Å². The fraction of sp³-hybridized carbons (Fsp3) is 0.757. The van der Waals surface area contributed by atoms with Crippen LogP contribution in [0.25, 0.3) is 0 Å². The zero-order valence-electron chi connectivity index (χ0n) is 26.1. The third-order valence-corrected chi connectivity index (χ3v) is 14.7. The lowest BCUT2D eigenvalue weighted by atomic mass is 9.33. The summed E-state index contributed by atoms with van der Waals surface area (Å²) in [6.45, 7) is 20.5. The second-order valence-corrected chi connectivity index (χ2v) is 16.4. The topological polar surface area (TPSA) is 26.3 Å². The second kappa shape index (κ2) is 8.96. The molecule has 0 spiro atoms. The monoisotopic (exact) mass is 530 g/mol. The number of fused-ring (bicyclic) bond motifs is 7. The van der Waals surface area contributed by atoms with Gasteiger partial charge in [-0.2, -0.15) is 0 Å². The SMILES string of the molecule is C[C@@H]1[C@@H](C)CC[C@]2(C)CC[C@]3(C)C(=CC[C@@H]4[C@@]5(C)CC[C@H](C(=O)Oc6ccccc6)C(C)(C)[C@H]5CC[C@@]43C)[C@@H]12. The first-order valence-electron chi connectivity index (χ1n) is 16.3. The van der Waals surface area contributed by atoms with E-state index in [1.807, 2.05) is 35.9 Å². The van der Waals surface area contributed by atoms with Gasteiger partial charge in [0.05, 0.1) is 5.92 Å². The molecule has 4 saturated carbocycles. The smallest absolute Gasteiger partial charge is 0.314 e. The highest BCUT2D eigenvalue weighted by Gasteiger charge is 2.68. The Labute approximate surface area is 238 Å². The van der Waals surface area contributed by atoms with Crippen LogP contribution in [0.4, 0.5) is 0 Å². The molecular formula is C37H54O2. The molecule has 1 aromatic rings. The number of rotatable bonds is 2. The first kappa shape index (κ1) is 27.6. The van der Waals surface area contributed by atoms with Gasteiger partial charge in [0.15, 0.2) is 0 Å². The molecule has 0 radical (unpaired) electrons. The molecule has 0 unspecified atom stereocenters. The molecule has 6 rings (SSSR count). The Kier molecular flexibility index (Phi) is 6.34. The lowest BCUT2D eigenvalue weighted by molar-refractivity contribution is -0.197. The number of carbonyl (C=O) groups is 1. The van der Waals surface area contributed by atoms with Crippen LogP contribution in [0.15, 0.2) is 42.0 Å². The number of benzene rings is 1. The summed E-state index contributed by atoms with van der Waals surface area (Å²) in [6.07, 6.45) is 14.2. The Balaban J connectivity index is 1.32. The molecule has 0 bridgehead atoms. The van der Waals surface area contributed by atoms with E-state index in [0.717, 1.165) is 30.6 Å². The van der Waals surface area contributed by atoms with Crippen molar-refractivity contribution in [2.45, 2.75) is 113 Å². The Morgan fingerprint density at radius 1 is 0.821 bits per heavy atom. The average molecular weight is 531 g/mol. The highest BCUT2D eigenvalue weighted by atomic mass is 16.5. The van der Waals surface area contributed by atoms with Gasteiger partial charge in [0, 0.05) is 0 Å². The first-order valence-corrected chi connectivity index (χ1v) is 16.3. The predicted molar refractivity (Wildman–Crippen MR) is 160 cm³/mol. The third-order valence-electron chi connectivity index (χ3n) is 14.7. The van der Waals surface area contributed by atoms with Crippen LogP contribution < -0.4 is 4.74 Å². The van der Waals surface area contributed by atoms with Crippen molar-refractivity contribution in [2.24, 2.45) is 62.6 Å². The van der Waals surface area contributed by atoms with E-state index in [4.69, 9.17) is 4.74 Å². The molecule has 0 heterocycles. The van der Waals surface area contributed by atoms with Crippen LogP contribution in [0, 0.1) is 62.6 Å². The summed E-state index contributed by atoms with van der Waals surface area (Å²) >= 11 is 0. The van der Waals surface area contributed by atoms with E-state index in [0.29, 0.717) is 33.8 Å². The molecular weight excluding hydrogens is 476 g/mol. The van der Waals surface area contributed by atoms with Crippen LogP contribution in [0.5, 0.6) is 5.75 Å². The Morgan fingerprint density at radius 3 is 2.26 bits per heavy atom. The predicted octanol–water partition coefficient (Wildman–Crippen LogP) is 9.89. The van der Waals surface area contributed by atoms with Crippen molar-refractivity contribution < 1.29 is 9.53 Å². The minimum absolute atomic E-state index is 0.0219. The van der Waals surface area contributed by atoms with E-state index >= 15 is 0 Å². The van der Waals surface area contributed by atoms with Crippen molar-refractivity contribution in [3.05, 3.63) is 42.0 Å². The highest BCUT2D eigenvalue weighted by molar-refractivity contribution is 5.76. The molecule has 5 aliphatic rings. The summed E-state index contributed by atoms with van der Waals surface area (Å²) in [6, 6.07) is 9.67. The molecule has 2 heteroatoms. The molecule has 2 nitrogen and oxygen atoms in total. The lowest BCUT2D eigenvalue weighted by Crippen LogP contribution is -2.64. The minimum Gasteiger partial charge on any atom is -0.426 e. The van der Waals surface area contributed by atoms with Crippen LogP contribution in [-0.4, -0.2) is 5.97 Å². The van der Waals surface area contributed by atoms with Gasteiger partial charge in [-0.25, -0.2) is 0 Å². The van der Waals surface area contributed by atoms with Crippen LogP contribution in [0.1, 0.15) is 113 Å². The van der Waals surface area contributed by atoms with Crippen LogP contribution >= 0.6 is 0 Å². The fourth-order valence-corrected chi connectivity index (χ4v) is 12.0. The van der Waals surface area contributed by atoms with Crippen molar-refractivity contribution >= 4 is 5.97 Å². The number of allylic oxidation sites excluding steroid dienone is 2. The average Bonchev–Trinajstić information content (AvgIpc) is 2.87. The molecule has 0 aromatic heterocycles. The molecule has 10 atom stereocenters. The van der Waals surface area contributed by atoms with E-state index in [1.54, 1.807) is 0 Å². The number of esters is 1. The van der Waals surface area contributed by atoms with Gasteiger partial charge >= 0.3 is 5.97 Å². The molecule has 4 fully saturated rings. The van der Waals surface area contributed by atoms with Crippen molar-refractivity contribution in [1.82, 2.24) is 0 Å². The molecule has 0 N–H and O–H groups in total. The summed E-state index contributed by atoms with van der Waals surface area (Å²) in [5.74, 6) is 4.22. The molecule has 214 valence electrons. The molecule has 1 aromatic carbocycles. The largest absolute Gasteiger partial charge is 0.426 e. The normalized spacial score (nSPS) is 48.5. The summed E-state index contributed by atoms with van der Waals surface area (Å²) in [5.41, 5.74) is 3.17. The summed E-state index contributed by atoms with van der Waals surface area (Å²) in [7, 11) is 0. The Bertz CT molecular complexity index is 1150. The third kappa shape index (κ3) is 3.74. The Morgan fingerprint density at radius 2 is 1.54 bits per heavy atom. The highest BCUT2D eigenvalue weighted by Crippen LogP contribution is 2.76. The maximum absolute atomic E-state index is 13.5. The maximum atomic E-state index is 13.5. The Hall–Kier alpha value is -1.57. The van der Waals surface area contributed by atoms with E-state index < -0.39 is 0 Å². The van der Waals surface area contributed by atoms with Crippen molar-refractivity contribution in [3.8, 4) is 5.75 Å². The maximum Gasteiger partial charge on any atom is 0.314 e. The van der Waals surface area contributed by atoms with Gasteiger partial charge < -0.3 is 4.74 Å². The van der Waals surface area contributed by atoms with E-state index in [1.165, 1.54) is 44.9 Å². The number of ether oxygens (including phenoxy) is 1.